The van der Waals surface area contributed by atoms with Gasteiger partial charge in [-0.05, 0) is 36.4 Å². The Balaban J connectivity index is 1.68. The van der Waals surface area contributed by atoms with E-state index in [9.17, 15) is 13.2 Å². The Kier molecular flexibility index (Phi) is 4.59. The van der Waals surface area contributed by atoms with Gasteiger partial charge in [-0.2, -0.15) is 4.31 Å². The van der Waals surface area contributed by atoms with Gasteiger partial charge >= 0.3 is 0 Å². The number of H-pyrrole nitrogens is 1. The maximum atomic E-state index is 12.7. The molecule has 7 nitrogen and oxygen atoms in total. The number of rotatable bonds is 4. The van der Waals surface area contributed by atoms with Crippen LogP contribution in [0.15, 0.2) is 47.5 Å². The highest BCUT2D eigenvalue weighted by Crippen LogP contribution is 2.21. The number of carbonyl (C=O) groups excluding carboxylic acids is 1. The molecule has 1 aliphatic rings. The van der Waals surface area contributed by atoms with E-state index in [1.54, 1.807) is 35.4 Å². The SMILES string of the molecule is COc1ccc(S(=O)(=O)N2CCN(C(=O)c3ccc[nH]3)CC2)cc1. The zero-order chi connectivity index (χ0) is 17.2. The van der Waals surface area contributed by atoms with Crippen molar-refractivity contribution in [2.45, 2.75) is 4.90 Å². The molecule has 1 N–H and O–H groups in total. The average Bonchev–Trinajstić information content (AvgIpc) is 3.16. The topological polar surface area (TPSA) is 82.7 Å². The Morgan fingerprint density at radius 2 is 1.75 bits per heavy atom. The smallest absolute Gasteiger partial charge is 0.270 e. The predicted molar refractivity (Wildman–Crippen MR) is 88.4 cm³/mol. The van der Waals surface area contributed by atoms with Crippen LogP contribution >= 0.6 is 0 Å². The Morgan fingerprint density at radius 3 is 2.29 bits per heavy atom. The summed E-state index contributed by atoms with van der Waals surface area (Å²) in [5, 5.41) is 0. The number of nitrogens with zero attached hydrogens (tertiary/aromatic N) is 2. The molecule has 1 fully saturated rings. The highest BCUT2D eigenvalue weighted by Gasteiger charge is 2.30. The van der Waals surface area contributed by atoms with Crippen LogP contribution in [0.25, 0.3) is 0 Å². The molecule has 0 saturated carbocycles. The van der Waals surface area contributed by atoms with Gasteiger partial charge in [0.2, 0.25) is 10.0 Å². The molecule has 0 bridgehead atoms. The molecule has 0 unspecified atom stereocenters. The fourth-order valence-electron chi connectivity index (χ4n) is 2.66. The van der Waals surface area contributed by atoms with Gasteiger partial charge < -0.3 is 14.6 Å². The minimum absolute atomic E-state index is 0.110. The summed E-state index contributed by atoms with van der Waals surface area (Å²) in [5.41, 5.74) is 0.515. The molecule has 1 aromatic carbocycles. The Labute approximate surface area is 140 Å². The van der Waals surface area contributed by atoms with E-state index in [-0.39, 0.29) is 23.9 Å². The second kappa shape index (κ2) is 6.66. The minimum atomic E-state index is -3.56. The van der Waals surface area contributed by atoms with Crippen molar-refractivity contribution >= 4 is 15.9 Å². The molecule has 1 aromatic heterocycles. The number of carbonyl (C=O) groups is 1. The molecule has 0 aliphatic carbocycles. The Hall–Kier alpha value is -2.32. The fourth-order valence-corrected chi connectivity index (χ4v) is 4.08. The van der Waals surface area contributed by atoms with Crippen LogP contribution in [0.1, 0.15) is 10.5 Å². The molecule has 128 valence electrons. The summed E-state index contributed by atoms with van der Waals surface area (Å²) in [6.07, 6.45) is 1.69. The van der Waals surface area contributed by atoms with Crippen LogP contribution in [-0.2, 0) is 10.0 Å². The molecule has 2 heterocycles. The zero-order valence-electron chi connectivity index (χ0n) is 13.3. The third-order valence-electron chi connectivity index (χ3n) is 4.05. The van der Waals surface area contributed by atoms with Crippen molar-refractivity contribution in [3.05, 3.63) is 48.3 Å². The van der Waals surface area contributed by atoms with Gasteiger partial charge in [0.1, 0.15) is 11.4 Å². The predicted octanol–water partition coefficient (Wildman–Crippen LogP) is 1.17. The number of methoxy groups -OCH3 is 1. The average molecular weight is 349 g/mol. The van der Waals surface area contributed by atoms with Gasteiger partial charge in [-0.25, -0.2) is 8.42 Å². The summed E-state index contributed by atoms with van der Waals surface area (Å²) in [4.78, 5) is 17.0. The normalized spacial score (nSPS) is 16.1. The number of amides is 1. The molecule has 8 heteroatoms. The number of ether oxygens (including phenoxy) is 1. The van der Waals surface area contributed by atoms with E-state index in [4.69, 9.17) is 4.74 Å². The van der Waals surface area contributed by atoms with Gasteiger partial charge in [-0.1, -0.05) is 0 Å². The number of aromatic amines is 1. The van der Waals surface area contributed by atoms with Crippen molar-refractivity contribution in [1.29, 1.82) is 0 Å². The Bertz CT molecular complexity index is 792. The summed E-state index contributed by atoms with van der Waals surface area (Å²) in [6.45, 7) is 1.29. The number of hydrogen-bond donors (Lipinski definition) is 1. The molecule has 24 heavy (non-hydrogen) atoms. The van der Waals surface area contributed by atoms with Crippen molar-refractivity contribution in [2.75, 3.05) is 33.3 Å². The largest absolute Gasteiger partial charge is 0.497 e. The molecule has 3 rings (SSSR count). The highest BCUT2D eigenvalue weighted by atomic mass is 32.2. The van der Waals surface area contributed by atoms with E-state index in [1.165, 1.54) is 23.5 Å². The quantitative estimate of drug-likeness (QED) is 0.898. The lowest BCUT2D eigenvalue weighted by molar-refractivity contribution is 0.0692. The molecule has 1 aliphatic heterocycles. The van der Waals surface area contributed by atoms with E-state index in [2.05, 4.69) is 4.98 Å². The van der Waals surface area contributed by atoms with E-state index in [0.29, 0.717) is 24.5 Å². The lowest BCUT2D eigenvalue weighted by Gasteiger charge is -2.33. The van der Waals surface area contributed by atoms with Crippen molar-refractivity contribution in [1.82, 2.24) is 14.2 Å². The molecule has 0 radical (unpaired) electrons. The third-order valence-corrected chi connectivity index (χ3v) is 5.96. The first-order valence-electron chi connectivity index (χ1n) is 7.59. The molecular weight excluding hydrogens is 330 g/mol. The molecule has 0 spiro atoms. The number of aromatic nitrogens is 1. The van der Waals surface area contributed by atoms with E-state index in [1.807, 2.05) is 0 Å². The number of sulfonamides is 1. The standard InChI is InChI=1S/C16H19N3O4S/c1-23-13-4-6-14(7-5-13)24(21,22)19-11-9-18(10-12-19)16(20)15-3-2-8-17-15/h2-8,17H,9-12H2,1H3. The number of piperazine rings is 1. The van der Waals surface area contributed by atoms with Crippen molar-refractivity contribution in [3.63, 3.8) is 0 Å². The van der Waals surface area contributed by atoms with Crippen LogP contribution in [0.2, 0.25) is 0 Å². The van der Waals surface area contributed by atoms with Crippen LogP contribution in [0, 0.1) is 0 Å². The monoisotopic (exact) mass is 349 g/mol. The first-order valence-corrected chi connectivity index (χ1v) is 9.03. The van der Waals surface area contributed by atoms with Gasteiger partial charge in [0.25, 0.3) is 5.91 Å². The lowest BCUT2D eigenvalue weighted by Crippen LogP contribution is -2.50. The Morgan fingerprint density at radius 1 is 1.08 bits per heavy atom. The van der Waals surface area contributed by atoms with E-state index >= 15 is 0 Å². The molecule has 1 saturated heterocycles. The van der Waals surface area contributed by atoms with E-state index in [0.717, 1.165) is 0 Å². The highest BCUT2D eigenvalue weighted by molar-refractivity contribution is 7.89. The first kappa shape index (κ1) is 16.5. The summed E-state index contributed by atoms with van der Waals surface area (Å²) in [5.74, 6) is 0.497. The molecular formula is C16H19N3O4S. The van der Waals surface area contributed by atoms with Gasteiger partial charge in [0.15, 0.2) is 0 Å². The molecule has 1 amide bonds. The van der Waals surface area contributed by atoms with Crippen LogP contribution in [0.4, 0.5) is 0 Å². The summed E-state index contributed by atoms with van der Waals surface area (Å²) < 4.78 is 31.8. The number of nitrogens with one attached hydrogen (secondary N) is 1. The third kappa shape index (κ3) is 3.15. The minimum Gasteiger partial charge on any atom is -0.497 e. The van der Waals surface area contributed by atoms with Gasteiger partial charge in [0, 0.05) is 32.4 Å². The van der Waals surface area contributed by atoms with Gasteiger partial charge in [-0.15, -0.1) is 0 Å². The van der Waals surface area contributed by atoms with Crippen molar-refractivity contribution in [3.8, 4) is 5.75 Å². The summed E-state index contributed by atoms with van der Waals surface area (Å²) in [6, 6.07) is 9.78. The number of benzene rings is 1. The molecule has 0 atom stereocenters. The zero-order valence-corrected chi connectivity index (χ0v) is 14.1. The lowest BCUT2D eigenvalue weighted by atomic mass is 10.3. The maximum absolute atomic E-state index is 12.7. The fraction of sp³-hybridized carbons (Fsp3) is 0.312. The second-order valence-electron chi connectivity index (χ2n) is 5.46. The number of hydrogen-bond acceptors (Lipinski definition) is 4. The second-order valence-corrected chi connectivity index (χ2v) is 7.39. The van der Waals surface area contributed by atoms with Crippen molar-refractivity contribution in [2.24, 2.45) is 0 Å². The van der Waals surface area contributed by atoms with Gasteiger partial charge in [0.05, 0.1) is 12.0 Å². The molecule has 2 aromatic rings. The summed E-state index contributed by atoms with van der Waals surface area (Å²) in [7, 11) is -2.03. The van der Waals surface area contributed by atoms with Crippen LogP contribution in [0.5, 0.6) is 5.75 Å². The van der Waals surface area contributed by atoms with E-state index < -0.39 is 10.0 Å². The van der Waals surface area contributed by atoms with Crippen LogP contribution in [0.3, 0.4) is 0 Å². The van der Waals surface area contributed by atoms with Gasteiger partial charge in [-0.3, -0.25) is 4.79 Å². The van der Waals surface area contributed by atoms with Crippen molar-refractivity contribution < 1.29 is 17.9 Å². The van der Waals surface area contributed by atoms with Crippen LogP contribution in [-0.4, -0.2) is 61.8 Å². The van der Waals surface area contributed by atoms with Crippen LogP contribution < -0.4 is 4.74 Å². The maximum Gasteiger partial charge on any atom is 0.270 e. The summed E-state index contributed by atoms with van der Waals surface area (Å²) >= 11 is 0. The first-order chi connectivity index (χ1) is 11.5.